The van der Waals surface area contributed by atoms with Crippen LogP contribution in [0.25, 0.3) is 0 Å². The van der Waals surface area contributed by atoms with Gasteiger partial charge >= 0.3 is 18.4 Å². The number of aliphatic hydroxyl groups excluding tert-OH is 2. The van der Waals surface area contributed by atoms with Crippen LogP contribution >= 0.6 is 0 Å². The number of nitrogens with two attached hydrogens (primary N) is 1. The number of alkyl halides is 6. The summed E-state index contributed by atoms with van der Waals surface area (Å²) in [6.07, 6.45) is -12.3. The van der Waals surface area contributed by atoms with Crippen molar-refractivity contribution in [3.8, 4) is 11.6 Å². The zero-order valence-corrected chi connectivity index (χ0v) is 23.9. The Kier molecular flexibility index (Phi) is 9.46. The van der Waals surface area contributed by atoms with Crippen LogP contribution in [0.3, 0.4) is 0 Å². The van der Waals surface area contributed by atoms with Crippen molar-refractivity contribution in [1.29, 1.82) is 0 Å². The molecule has 5 N–H and O–H groups in total. The van der Waals surface area contributed by atoms with Gasteiger partial charge in [0.2, 0.25) is 5.88 Å². The Labute approximate surface area is 252 Å². The molecule has 1 unspecified atom stereocenters. The summed E-state index contributed by atoms with van der Waals surface area (Å²) in [7, 11) is 1.34. The number of ether oxygens (including phenoxy) is 2. The van der Waals surface area contributed by atoms with Crippen molar-refractivity contribution in [3.05, 3.63) is 70.4 Å². The van der Waals surface area contributed by atoms with Crippen molar-refractivity contribution < 1.29 is 55.9 Å². The average Bonchev–Trinajstić information content (AvgIpc) is 2.98. The molecule has 1 aliphatic heterocycles. The first-order valence-electron chi connectivity index (χ1n) is 13.4. The lowest BCUT2D eigenvalue weighted by Crippen LogP contribution is -2.61. The van der Waals surface area contributed by atoms with Crippen LogP contribution in [0, 0.1) is 0 Å². The van der Waals surface area contributed by atoms with E-state index in [9.17, 15) is 41.4 Å². The van der Waals surface area contributed by atoms with E-state index in [1.54, 1.807) is 6.92 Å². The molecule has 2 aromatic heterocycles. The Morgan fingerprint density at radius 2 is 1.78 bits per heavy atom. The smallest absolute Gasteiger partial charge is 0.416 e. The highest BCUT2D eigenvalue weighted by molar-refractivity contribution is 5.89. The molecule has 11 nitrogen and oxygen atoms in total. The largest absolute Gasteiger partial charge is 0.487 e. The summed E-state index contributed by atoms with van der Waals surface area (Å²) in [4.78, 5) is 26.4. The molecule has 3 aromatic rings. The zero-order chi connectivity index (χ0) is 33.3. The first-order valence-corrected chi connectivity index (χ1v) is 13.4. The molecular formula is C28H29F6N5O6. The standard InChI is InChI=1S/C28H29F6N5O6/c1-3-26(35)10-18(23-20(39(26)25(42)43)4-5-22(38-23)44-2)24-36-11-21(45-13-17(41)12-40)19(37-24)8-14-6-15(27(29,30)31)9-16(7-14)28(32,33)34/h4-7,9,11,17-18,40-41H,3,8,10,12-13,35H2,1-2H3,(H,42,43)/t17?,18-,26+/m0/s1. The molecule has 1 aromatic carbocycles. The van der Waals surface area contributed by atoms with Crippen molar-refractivity contribution >= 4 is 11.8 Å². The number of carbonyl (C=O) groups is 1. The Bertz CT molecular complexity index is 1520. The summed E-state index contributed by atoms with van der Waals surface area (Å²) in [5.74, 6) is -1.00. The van der Waals surface area contributed by atoms with Crippen molar-refractivity contribution in [2.45, 2.75) is 56.2 Å². The molecule has 0 fully saturated rings. The molecule has 45 heavy (non-hydrogen) atoms. The van der Waals surface area contributed by atoms with Crippen LogP contribution in [-0.2, 0) is 18.8 Å². The number of amides is 1. The molecule has 1 amide bonds. The third-order valence-corrected chi connectivity index (χ3v) is 7.28. The number of rotatable bonds is 9. The van der Waals surface area contributed by atoms with Gasteiger partial charge in [0.05, 0.1) is 54.0 Å². The second-order valence-corrected chi connectivity index (χ2v) is 10.4. The number of halogens is 6. The molecule has 4 rings (SSSR count). The van der Waals surface area contributed by atoms with Crippen molar-refractivity contribution in [1.82, 2.24) is 15.0 Å². The van der Waals surface area contributed by atoms with E-state index in [1.807, 2.05) is 0 Å². The third kappa shape index (κ3) is 7.20. The fraction of sp³-hybridized carbons (Fsp3) is 0.429. The number of hydrogen-bond donors (Lipinski definition) is 4. The van der Waals surface area contributed by atoms with Crippen LogP contribution < -0.4 is 20.1 Å². The lowest BCUT2D eigenvalue weighted by molar-refractivity contribution is -0.143. The minimum absolute atomic E-state index is 0.00171. The molecule has 0 aliphatic carbocycles. The molecule has 3 heterocycles. The van der Waals surface area contributed by atoms with Gasteiger partial charge in [0, 0.05) is 12.5 Å². The number of pyridine rings is 1. The number of hydrogen-bond acceptors (Lipinski definition) is 9. The van der Waals surface area contributed by atoms with E-state index in [-0.39, 0.29) is 53.4 Å². The van der Waals surface area contributed by atoms with Crippen LogP contribution in [-0.4, -0.2) is 68.5 Å². The van der Waals surface area contributed by atoms with Gasteiger partial charge in [-0.2, -0.15) is 26.3 Å². The number of aliphatic hydroxyl groups is 2. The van der Waals surface area contributed by atoms with Gasteiger partial charge in [0.1, 0.15) is 24.2 Å². The first-order chi connectivity index (χ1) is 21.0. The van der Waals surface area contributed by atoms with Crippen LogP contribution in [0.5, 0.6) is 11.6 Å². The highest BCUT2D eigenvalue weighted by Crippen LogP contribution is 2.45. The summed E-state index contributed by atoms with van der Waals surface area (Å²) in [5, 5.41) is 28.9. The van der Waals surface area contributed by atoms with Gasteiger partial charge in [0.15, 0.2) is 5.75 Å². The number of aromatic nitrogens is 3. The van der Waals surface area contributed by atoms with Gasteiger partial charge in [0.25, 0.3) is 0 Å². The van der Waals surface area contributed by atoms with Crippen molar-refractivity contribution in [2.75, 3.05) is 25.2 Å². The minimum Gasteiger partial charge on any atom is -0.487 e. The van der Waals surface area contributed by atoms with E-state index in [4.69, 9.17) is 20.3 Å². The van der Waals surface area contributed by atoms with Crippen molar-refractivity contribution in [3.63, 3.8) is 0 Å². The fourth-order valence-electron chi connectivity index (χ4n) is 4.99. The zero-order valence-electron chi connectivity index (χ0n) is 23.9. The molecule has 0 radical (unpaired) electrons. The topological polar surface area (TPSA) is 164 Å². The number of methoxy groups -OCH3 is 1. The number of benzene rings is 1. The molecule has 244 valence electrons. The Morgan fingerprint density at radius 1 is 1.13 bits per heavy atom. The van der Waals surface area contributed by atoms with Gasteiger partial charge in [-0.15, -0.1) is 0 Å². The van der Waals surface area contributed by atoms with E-state index in [1.165, 1.54) is 19.2 Å². The first kappa shape index (κ1) is 33.7. The monoisotopic (exact) mass is 645 g/mol. The second kappa shape index (κ2) is 12.6. The van der Waals surface area contributed by atoms with E-state index in [0.717, 1.165) is 11.1 Å². The van der Waals surface area contributed by atoms with Crippen molar-refractivity contribution in [2.24, 2.45) is 5.73 Å². The molecule has 1 aliphatic rings. The molecule has 0 spiro atoms. The normalized spacial score (nSPS) is 19.2. The van der Waals surface area contributed by atoms with Crippen LogP contribution in [0.1, 0.15) is 59.6 Å². The summed E-state index contributed by atoms with van der Waals surface area (Å²) in [6.45, 7) is 0.471. The van der Waals surface area contributed by atoms with Gasteiger partial charge in [-0.1, -0.05) is 6.92 Å². The number of fused-ring (bicyclic) bond motifs is 1. The minimum atomic E-state index is -5.09. The number of anilines is 1. The SMILES string of the molecule is CC[C@]1(N)C[C@H](c2ncc(OCC(O)CO)c(Cc3cc(C(F)(F)F)cc(C(F)(F)F)c3)n2)c2nc(OC)ccc2N1C(=O)O. The summed E-state index contributed by atoms with van der Waals surface area (Å²) in [5.41, 5.74) is 1.73. The molecular weight excluding hydrogens is 616 g/mol. The Balaban J connectivity index is 1.88. The van der Waals surface area contributed by atoms with E-state index in [0.29, 0.717) is 12.1 Å². The van der Waals surface area contributed by atoms with E-state index in [2.05, 4.69) is 15.0 Å². The Morgan fingerprint density at radius 3 is 2.31 bits per heavy atom. The maximum absolute atomic E-state index is 13.6. The average molecular weight is 646 g/mol. The summed E-state index contributed by atoms with van der Waals surface area (Å²) in [6, 6.07) is 3.97. The predicted octanol–water partition coefficient (Wildman–Crippen LogP) is 4.33. The maximum Gasteiger partial charge on any atom is 0.416 e. The van der Waals surface area contributed by atoms with Gasteiger partial charge < -0.3 is 30.5 Å². The lowest BCUT2D eigenvalue weighted by Gasteiger charge is -2.45. The predicted molar refractivity (Wildman–Crippen MR) is 145 cm³/mol. The van der Waals surface area contributed by atoms with Crippen LogP contribution in [0.4, 0.5) is 36.8 Å². The van der Waals surface area contributed by atoms with E-state index < -0.39 is 72.5 Å². The van der Waals surface area contributed by atoms with E-state index >= 15 is 0 Å². The third-order valence-electron chi connectivity index (χ3n) is 7.28. The number of carboxylic acid groups (broad SMARTS) is 1. The van der Waals surface area contributed by atoms with Gasteiger partial charge in [-0.25, -0.2) is 19.7 Å². The van der Waals surface area contributed by atoms with Gasteiger partial charge in [-0.05, 0) is 42.7 Å². The highest BCUT2D eigenvalue weighted by Gasteiger charge is 2.47. The van der Waals surface area contributed by atoms with Gasteiger partial charge in [-0.3, -0.25) is 4.90 Å². The highest BCUT2D eigenvalue weighted by atomic mass is 19.4. The maximum atomic E-state index is 13.6. The fourth-order valence-corrected chi connectivity index (χ4v) is 4.99. The van der Waals surface area contributed by atoms with Crippen LogP contribution in [0.15, 0.2) is 36.5 Å². The molecule has 0 bridgehead atoms. The molecule has 17 heteroatoms. The summed E-state index contributed by atoms with van der Waals surface area (Å²) >= 11 is 0. The molecule has 3 atom stereocenters. The quantitative estimate of drug-likeness (QED) is 0.246. The molecule has 0 saturated heterocycles. The summed E-state index contributed by atoms with van der Waals surface area (Å²) < 4.78 is 92.1. The Hall–Kier alpha value is -4.22. The molecule has 0 saturated carbocycles. The van der Waals surface area contributed by atoms with Crippen LogP contribution in [0.2, 0.25) is 0 Å². The number of nitrogens with zero attached hydrogens (tertiary/aromatic N) is 4. The lowest BCUT2D eigenvalue weighted by atomic mass is 9.83. The second-order valence-electron chi connectivity index (χ2n) is 10.4.